The number of hydrogen-bond donors (Lipinski definition) is 0. The summed E-state index contributed by atoms with van der Waals surface area (Å²) in [7, 11) is 0. The van der Waals surface area contributed by atoms with Gasteiger partial charge in [-0.1, -0.05) is 12.1 Å². The maximum absolute atomic E-state index is 11.9. The zero-order valence-corrected chi connectivity index (χ0v) is 10.2. The average molecular weight is 222 g/mol. The first-order valence-corrected chi connectivity index (χ1v) is 5.49. The summed E-state index contributed by atoms with van der Waals surface area (Å²) in [6.07, 6.45) is -0.124. The molecule has 0 saturated carbocycles. The van der Waals surface area contributed by atoms with Crippen LogP contribution in [0.5, 0.6) is 5.75 Å². The maximum atomic E-state index is 11.9. The Kier molecular flexibility index (Phi) is 4.35. The van der Waals surface area contributed by atoms with Gasteiger partial charge < -0.3 is 9.47 Å². The Balaban J connectivity index is 3.04. The summed E-state index contributed by atoms with van der Waals surface area (Å²) in [6, 6.07) is 5.53. The topological polar surface area (TPSA) is 35.5 Å². The third-order valence-corrected chi connectivity index (χ3v) is 2.08. The Bertz CT molecular complexity index is 369. The first-order valence-electron chi connectivity index (χ1n) is 5.49. The van der Waals surface area contributed by atoms with Crippen LogP contribution in [0.25, 0.3) is 0 Å². The number of carbonyl (C=O) groups is 1. The summed E-state index contributed by atoms with van der Waals surface area (Å²) in [4.78, 5) is 11.9. The smallest absolute Gasteiger partial charge is 0.342 e. The second kappa shape index (κ2) is 5.54. The highest BCUT2D eigenvalue weighted by atomic mass is 16.5. The molecule has 0 fully saturated rings. The predicted octanol–water partition coefficient (Wildman–Crippen LogP) is 2.96. The van der Waals surface area contributed by atoms with Crippen LogP contribution in [0.15, 0.2) is 18.2 Å². The van der Waals surface area contributed by atoms with Crippen LogP contribution < -0.4 is 4.74 Å². The van der Waals surface area contributed by atoms with Gasteiger partial charge in [0, 0.05) is 0 Å². The van der Waals surface area contributed by atoms with Crippen LogP contribution in [0.4, 0.5) is 0 Å². The van der Waals surface area contributed by atoms with Gasteiger partial charge >= 0.3 is 5.97 Å². The van der Waals surface area contributed by atoms with E-state index in [1.54, 1.807) is 6.07 Å². The molecule has 1 aromatic carbocycles. The SMILES string of the molecule is CCOc1cccc(C)c1C(=O)OC(C)C. The molecule has 0 radical (unpaired) electrons. The van der Waals surface area contributed by atoms with Gasteiger partial charge in [-0.15, -0.1) is 0 Å². The monoisotopic (exact) mass is 222 g/mol. The van der Waals surface area contributed by atoms with Gasteiger partial charge in [-0.3, -0.25) is 0 Å². The molecule has 1 rings (SSSR count). The molecule has 3 nitrogen and oxygen atoms in total. The molecule has 1 aromatic rings. The summed E-state index contributed by atoms with van der Waals surface area (Å²) in [6.45, 7) is 7.96. The van der Waals surface area contributed by atoms with E-state index >= 15 is 0 Å². The number of esters is 1. The van der Waals surface area contributed by atoms with E-state index < -0.39 is 0 Å². The van der Waals surface area contributed by atoms with E-state index in [0.29, 0.717) is 17.9 Å². The fraction of sp³-hybridized carbons (Fsp3) is 0.462. The van der Waals surface area contributed by atoms with Gasteiger partial charge in [0.15, 0.2) is 0 Å². The van der Waals surface area contributed by atoms with Crippen molar-refractivity contribution in [2.45, 2.75) is 33.8 Å². The third kappa shape index (κ3) is 2.99. The molecule has 0 heterocycles. The summed E-state index contributed by atoms with van der Waals surface area (Å²) in [5.74, 6) is 0.268. The lowest BCUT2D eigenvalue weighted by Gasteiger charge is -2.13. The standard InChI is InChI=1S/C13H18O3/c1-5-15-11-8-6-7-10(4)12(11)13(14)16-9(2)3/h6-9H,5H2,1-4H3. The van der Waals surface area contributed by atoms with Crippen molar-refractivity contribution in [1.29, 1.82) is 0 Å². The molecule has 0 aliphatic heterocycles. The Morgan fingerprint density at radius 3 is 2.62 bits per heavy atom. The van der Waals surface area contributed by atoms with Crippen molar-refractivity contribution < 1.29 is 14.3 Å². The third-order valence-electron chi connectivity index (χ3n) is 2.08. The number of benzene rings is 1. The lowest BCUT2D eigenvalue weighted by atomic mass is 10.1. The number of aryl methyl sites for hydroxylation is 1. The molecule has 16 heavy (non-hydrogen) atoms. The van der Waals surface area contributed by atoms with Gasteiger partial charge in [0.1, 0.15) is 11.3 Å². The minimum atomic E-state index is -0.323. The van der Waals surface area contributed by atoms with Crippen LogP contribution in [0, 0.1) is 6.92 Å². The molecular formula is C13H18O3. The summed E-state index contributed by atoms with van der Waals surface area (Å²) in [5, 5.41) is 0. The van der Waals surface area contributed by atoms with E-state index in [1.165, 1.54) is 0 Å². The van der Waals surface area contributed by atoms with Crippen molar-refractivity contribution in [2.24, 2.45) is 0 Å². The number of hydrogen-bond acceptors (Lipinski definition) is 3. The van der Waals surface area contributed by atoms with Crippen LogP contribution in [0.2, 0.25) is 0 Å². The molecule has 0 aliphatic carbocycles. The average Bonchev–Trinajstić information content (AvgIpc) is 2.16. The van der Waals surface area contributed by atoms with E-state index in [2.05, 4.69) is 0 Å². The normalized spacial score (nSPS) is 10.3. The quantitative estimate of drug-likeness (QED) is 0.735. The fourth-order valence-corrected chi connectivity index (χ4v) is 1.45. The minimum absolute atomic E-state index is 0.124. The summed E-state index contributed by atoms with van der Waals surface area (Å²) >= 11 is 0. The fourth-order valence-electron chi connectivity index (χ4n) is 1.45. The molecule has 0 unspecified atom stereocenters. The second-order valence-corrected chi connectivity index (χ2v) is 3.84. The van der Waals surface area contributed by atoms with Gasteiger partial charge in [-0.05, 0) is 39.3 Å². The van der Waals surface area contributed by atoms with Crippen molar-refractivity contribution in [2.75, 3.05) is 6.61 Å². The van der Waals surface area contributed by atoms with E-state index in [9.17, 15) is 4.79 Å². The summed E-state index contributed by atoms with van der Waals surface area (Å²) < 4.78 is 10.6. The first-order chi connectivity index (χ1) is 7.56. The molecule has 0 N–H and O–H groups in total. The number of rotatable bonds is 4. The molecule has 0 spiro atoms. The van der Waals surface area contributed by atoms with Gasteiger partial charge in [0.25, 0.3) is 0 Å². The zero-order chi connectivity index (χ0) is 12.1. The van der Waals surface area contributed by atoms with Gasteiger partial charge in [-0.25, -0.2) is 4.79 Å². The molecule has 0 aliphatic rings. The molecular weight excluding hydrogens is 204 g/mol. The molecule has 3 heteroatoms. The van der Waals surface area contributed by atoms with E-state index in [0.717, 1.165) is 5.56 Å². The van der Waals surface area contributed by atoms with E-state index in [4.69, 9.17) is 9.47 Å². The van der Waals surface area contributed by atoms with Crippen LogP contribution in [0.3, 0.4) is 0 Å². The van der Waals surface area contributed by atoms with Gasteiger partial charge in [0.05, 0.1) is 12.7 Å². The lowest BCUT2D eigenvalue weighted by Crippen LogP contribution is -2.14. The Hall–Kier alpha value is -1.51. The Labute approximate surface area is 96.4 Å². The largest absolute Gasteiger partial charge is 0.493 e. The lowest BCUT2D eigenvalue weighted by molar-refractivity contribution is 0.0373. The van der Waals surface area contributed by atoms with Gasteiger partial charge in [0.2, 0.25) is 0 Å². The van der Waals surface area contributed by atoms with Crippen molar-refractivity contribution in [3.63, 3.8) is 0 Å². The highest BCUT2D eigenvalue weighted by Gasteiger charge is 2.17. The van der Waals surface area contributed by atoms with Crippen molar-refractivity contribution in [3.05, 3.63) is 29.3 Å². The van der Waals surface area contributed by atoms with Crippen molar-refractivity contribution >= 4 is 5.97 Å². The van der Waals surface area contributed by atoms with E-state index in [-0.39, 0.29) is 12.1 Å². The van der Waals surface area contributed by atoms with Crippen LogP contribution >= 0.6 is 0 Å². The molecule has 0 bridgehead atoms. The minimum Gasteiger partial charge on any atom is -0.493 e. The number of ether oxygens (including phenoxy) is 2. The Morgan fingerprint density at radius 1 is 1.38 bits per heavy atom. The Morgan fingerprint density at radius 2 is 2.06 bits per heavy atom. The molecule has 0 amide bonds. The van der Waals surface area contributed by atoms with Crippen molar-refractivity contribution in [1.82, 2.24) is 0 Å². The zero-order valence-electron chi connectivity index (χ0n) is 10.2. The van der Waals surface area contributed by atoms with Crippen molar-refractivity contribution in [3.8, 4) is 5.75 Å². The maximum Gasteiger partial charge on any atom is 0.342 e. The van der Waals surface area contributed by atoms with Crippen LogP contribution in [-0.4, -0.2) is 18.7 Å². The van der Waals surface area contributed by atoms with Crippen LogP contribution in [-0.2, 0) is 4.74 Å². The van der Waals surface area contributed by atoms with Crippen LogP contribution in [0.1, 0.15) is 36.7 Å². The molecule has 0 saturated heterocycles. The summed E-state index contributed by atoms with van der Waals surface area (Å²) in [5.41, 5.74) is 1.40. The number of carbonyl (C=O) groups excluding carboxylic acids is 1. The second-order valence-electron chi connectivity index (χ2n) is 3.84. The highest BCUT2D eigenvalue weighted by Crippen LogP contribution is 2.23. The highest BCUT2D eigenvalue weighted by molar-refractivity contribution is 5.94. The first kappa shape index (κ1) is 12.6. The predicted molar refractivity (Wildman–Crippen MR) is 62.9 cm³/mol. The van der Waals surface area contributed by atoms with E-state index in [1.807, 2.05) is 39.8 Å². The molecule has 0 aromatic heterocycles. The molecule has 0 atom stereocenters. The van der Waals surface area contributed by atoms with Gasteiger partial charge in [-0.2, -0.15) is 0 Å². The molecule has 88 valence electrons.